The molecule has 0 bridgehead atoms. The highest BCUT2D eigenvalue weighted by Crippen LogP contribution is 2.35. The fraction of sp³-hybridized carbons (Fsp3) is 0.150. The number of nitrogens with zero attached hydrogens (tertiary/aromatic N) is 2. The molecule has 0 atom stereocenters. The lowest BCUT2D eigenvalue weighted by Crippen LogP contribution is -2.11. The van der Waals surface area contributed by atoms with E-state index in [1.54, 1.807) is 24.3 Å². The quantitative estimate of drug-likeness (QED) is 0.639. The second-order valence-corrected chi connectivity index (χ2v) is 7.22. The highest BCUT2D eigenvalue weighted by atomic mass is 32.1. The van der Waals surface area contributed by atoms with Gasteiger partial charge < -0.3 is 5.32 Å². The molecular formula is C20H14F3N3OS. The first-order valence-corrected chi connectivity index (χ1v) is 9.20. The van der Waals surface area contributed by atoms with Crippen molar-refractivity contribution < 1.29 is 18.0 Å². The number of anilines is 1. The number of hydrogen-bond acceptors (Lipinski definition) is 4. The van der Waals surface area contributed by atoms with Crippen molar-refractivity contribution in [3.05, 3.63) is 76.5 Å². The molecule has 142 valence electrons. The molecule has 3 aromatic rings. The van der Waals surface area contributed by atoms with E-state index in [1.165, 1.54) is 17.6 Å². The number of hydrogen-bond donors (Lipinski definition) is 1. The van der Waals surface area contributed by atoms with E-state index in [4.69, 9.17) is 0 Å². The van der Waals surface area contributed by atoms with E-state index in [0.717, 1.165) is 23.4 Å². The van der Waals surface area contributed by atoms with Crippen molar-refractivity contribution in [1.82, 2.24) is 4.37 Å². The van der Waals surface area contributed by atoms with E-state index in [2.05, 4.69) is 14.7 Å². The molecule has 0 saturated heterocycles. The first-order valence-electron chi connectivity index (χ1n) is 8.43. The number of aliphatic imine (C=N–C) groups is 1. The Morgan fingerprint density at radius 3 is 2.64 bits per heavy atom. The molecule has 0 aliphatic carbocycles. The molecule has 0 fully saturated rings. The largest absolute Gasteiger partial charge is 0.416 e. The molecule has 0 spiro atoms. The average Bonchev–Trinajstić information content (AvgIpc) is 3.26. The van der Waals surface area contributed by atoms with E-state index in [1.807, 2.05) is 13.0 Å². The molecule has 1 amide bonds. The van der Waals surface area contributed by atoms with E-state index < -0.39 is 11.7 Å². The van der Waals surface area contributed by atoms with Crippen molar-refractivity contribution in [1.29, 1.82) is 0 Å². The Bertz CT molecular complexity index is 1100. The summed E-state index contributed by atoms with van der Waals surface area (Å²) in [5.41, 5.74) is 2.68. The number of amides is 1. The summed E-state index contributed by atoms with van der Waals surface area (Å²) in [6.07, 6.45) is -4.04. The van der Waals surface area contributed by atoms with E-state index in [9.17, 15) is 18.0 Å². The number of carbonyl (C=O) groups excluding carboxylic acids is 1. The van der Waals surface area contributed by atoms with Crippen LogP contribution in [0, 0.1) is 6.92 Å². The zero-order chi connectivity index (χ0) is 19.9. The number of carbonyl (C=O) groups is 1. The highest BCUT2D eigenvalue weighted by molar-refractivity contribution is 7.10. The third kappa shape index (κ3) is 3.55. The van der Waals surface area contributed by atoms with Gasteiger partial charge >= 0.3 is 6.18 Å². The Hall–Kier alpha value is -3.00. The second kappa shape index (κ2) is 6.87. The number of fused-ring (bicyclic) bond motifs is 1. The van der Waals surface area contributed by atoms with Crippen molar-refractivity contribution in [2.75, 3.05) is 5.32 Å². The lowest BCUT2D eigenvalue weighted by atomic mass is 10.0. The monoisotopic (exact) mass is 401 g/mol. The number of rotatable bonds is 3. The summed E-state index contributed by atoms with van der Waals surface area (Å²) < 4.78 is 43.1. The Balaban J connectivity index is 1.66. The molecule has 28 heavy (non-hydrogen) atoms. The summed E-state index contributed by atoms with van der Waals surface area (Å²) in [6.45, 7) is 1.83. The van der Waals surface area contributed by atoms with E-state index >= 15 is 0 Å². The van der Waals surface area contributed by atoms with Gasteiger partial charge in [-0.15, -0.1) is 0 Å². The Morgan fingerprint density at radius 2 is 1.93 bits per heavy atom. The summed E-state index contributed by atoms with van der Waals surface area (Å²) >= 11 is 1.18. The molecular weight excluding hydrogens is 387 g/mol. The van der Waals surface area contributed by atoms with Crippen molar-refractivity contribution in [2.24, 2.45) is 4.99 Å². The van der Waals surface area contributed by atoms with Crippen LogP contribution >= 0.6 is 11.5 Å². The van der Waals surface area contributed by atoms with Gasteiger partial charge in [0.1, 0.15) is 5.00 Å². The number of aromatic nitrogens is 1. The zero-order valence-corrected chi connectivity index (χ0v) is 15.5. The standard InChI is InChI=1S/C20H14F3N3OS/c1-11-8-17(28-26-11)25-19(27)15-7-3-5-13-10-16(24-18(13)15)12-4-2-6-14(9-12)20(21,22)23/h2-9H,10H2,1H3,(H,25,27). The average molecular weight is 401 g/mol. The third-order valence-electron chi connectivity index (χ3n) is 4.36. The second-order valence-electron chi connectivity index (χ2n) is 6.41. The van der Waals surface area contributed by atoms with Crippen molar-refractivity contribution in [3.63, 3.8) is 0 Å². The van der Waals surface area contributed by atoms with Crippen LogP contribution in [0.25, 0.3) is 0 Å². The summed E-state index contributed by atoms with van der Waals surface area (Å²) in [4.78, 5) is 17.2. The van der Waals surface area contributed by atoms with Crippen molar-refractivity contribution in [2.45, 2.75) is 19.5 Å². The van der Waals surface area contributed by atoms with Crippen LogP contribution in [0.1, 0.15) is 32.7 Å². The maximum absolute atomic E-state index is 13.0. The van der Waals surface area contributed by atoms with E-state index in [-0.39, 0.29) is 5.91 Å². The normalized spacial score (nSPS) is 13.2. The van der Waals surface area contributed by atoms with Gasteiger partial charge in [-0.3, -0.25) is 9.79 Å². The summed E-state index contributed by atoms with van der Waals surface area (Å²) in [6, 6.07) is 12.1. The highest BCUT2D eigenvalue weighted by Gasteiger charge is 2.31. The van der Waals surface area contributed by atoms with Crippen LogP contribution in [-0.4, -0.2) is 16.0 Å². The smallest absolute Gasteiger partial charge is 0.312 e. The predicted molar refractivity (Wildman–Crippen MR) is 103 cm³/mol. The number of aryl methyl sites for hydroxylation is 1. The third-order valence-corrected chi connectivity index (χ3v) is 5.15. The van der Waals surface area contributed by atoms with Gasteiger partial charge in [-0.05, 0) is 53.8 Å². The molecule has 1 N–H and O–H groups in total. The molecule has 8 heteroatoms. The van der Waals surface area contributed by atoms with Gasteiger partial charge in [0.05, 0.1) is 28.2 Å². The molecule has 2 aromatic carbocycles. The summed E-state index contributed by atoms with van der Waals surface area (Å²) in [7, 11) is 0. The predicted octanol–water partition coefficient (Wildman–Crippen LogP) is 5.40. The molecule has 2 heterocycles. The minimum absolute atomic E-state index is 0.324. The van der Waals surface area contributed by atoms with Gasteiger partial charge in [-0.2, -0.15) is 17.5 Å². The van der Waals surface area contributed by atoms with Crippen LogP contribution in [0.2, 0.25) is 0 Å². The lowest BCUT2D eigenvalue weighted by molar-refractivity contribution is -0.137. The maximum atomic E-state index is 13.0. The zero-order valence-electron chi connectivity index (χ0n) is 14.7. The van der Waals surface area contributed by atoms with Crippen LogP contribution in [0.15, 0.2) is 53.5 Å². The van der Waals surface area contributed by atoms with Crippen LogP contribution in [0.4, 0.5) is 23.9 Å². The van der Waals surface area contributed by atoms with Gasteiger partial charge in [0.15, 0.2) is 0 Å². The topological polar surface area (TPSA) is 54.4 Å². The number of benzene rings is 2. The Morgan fingerprint density at radius 1 is 1.14 bits per heavy atom. The van der Waals surface area contributed by atoms with Crippen LogP contribution in [0.5, 0.6) is 0 Å². The van der Waals surface area contributed by atoms with Gasteiger partial charge in [0.2, 0.25) is 0 Å². The summed E-state index contributed by atoms with van der Waals surface area (Å²) in [5, 5.41) is 3.42. The number of nitrogens with one attached hydrogen (secondary N) is 1. The first kappa shape index (κ1) is 18.4. The molecule has 4 nitrogen and oxygen atoms in total. The van der Waals surface area contributed by atoms with Crippen LogP contribution in [0.3, 0.4) is 0 Å². The van der Waals surface area contributed by atoms with Crippen molar-refractivity contribution in [3.8, 4) is 0 Å². The molecule has 0 unspecified atom stereocenters. The molecule has 1 aliphatic rings. The number of para-hydroxylation sites is 1. The lowest BCUT2D eigenvalue weighted by Gasteiger charge is -2.08. The van der Waals surface area contributed by atoms with E-state index in [0.29, 0.717) is 33.9 Å². The summed E-state index contributed by atoms with van der Waals surface area (Å²) in [5.74, 6) is -0.324. The molecule has 0 saturated carbocycles. The maximum Gasteiger partial charge on any atom is 0.416 e. The fourth-order valence-corrected chi connectivity index (χ4v) is 3.70. The molecule has 0 radical (unpaired) electrons. The van der Waals surface area contributed by atoms with Gasteiger partial charge in [0.25, 0.3) is 5.91 Å². The minimum Gasteiger partial charge on any atom is -0.312 e. The van der Waals surface area contributed by atoms with Gasteiger partial charge in [-0.1, -0.05) is 24.3 Å². The number of alkyl halides is 3. The molecule has 1 aliphatic heterocycles. The van der Waals surface area contributed by atoms with Gasteiger partial charge in [0, 0.05) is 6.42 Å². The van der Waals surface area contributed by atoms with Crippen LogP contribution < -0.4 is 5.32 Å². The minimum atomic E-state index is -4.42. The van der Waals surface area contributed by atoms with Crippen molar-refractivity contribution >= 4 is 33.8 Å². The molecule has 4 rings (SSSR count). The SMILES string of the molecule is Cc1cc(NC(=O)c2cccc3c2N=C(c2cccc(C(F)(F)F)c2)C3)sn1. The van der Waals surface area contributed by atoms with Crippen LogP contribution in [-0.2, 0) is 12.6 Å². The number of halogens is 3. The van der Waals surface area contributed by atoms with Gasteiger partial charge in [-0.25, -0.2) is 0 Å². The first-order chi connectivity index (χ1) is 13.3. The molecule has 1 aromatic heterocycles. The fourth-order valence-electron chi connectivity index (χ4n) is 3.05. The Labute approximate surface area is 162 Å². The Kier molecular flexibility index (Phi) is 4.50.